The highest BCUT2D eigenvalue weighted by Gasteiger charge is 2.43. The largest absolute Gasteiger partial charge is 0.376 e. The Bertz CT molecular complexity index is 468. The molecule has 0 saturated carbocycles. The van der Waals surface area contributed by atoms with Gasteiger partial charge in [-0.2, -0.15) is 0 Å². The molecule has 3 heterocycles. The van der Waals surface area contributed by atoms with Crippen molar-refractivity contribution < 1.29 is 27.2 Å². The molecule has 0 aromatic rings. The van der Waals surface area contributed by atoms with Gasteiger partial charge >= 0.3 is 7.60 Å². The molecular weight excluding hydrogens is 279 g/mol. The fourth-order valence-corrected chi connectivity index (χ4v) is 5.07. The Balaban J connectivity index is 1.64. The fourth-order valence-electron chi connectivity index (χ4n) is 2.97. The maximum Gasteiger partial charge on any atom is 0.331 e. The molecule has 3 fully saturated rings. The zero-order chi connectivity index (χ0) is 16.6. The monoisotopic (exact) mass is 309 g/mol. The molecule has 0 aliphatic carbocycles. The lowest BCUT2D eigenvalue weighted by molar-refractivity contribution is -0.0278. The molecule has 3 aliphatic heterocycles. The van der Waals surface area contributed by atoms with Crippen LogP contribution in [0, 0.1) is 5.92 Å². The second-order valence-electron chi connectivity index (χ2n) is 5.82. The van der Waals surface area contributed by atoms with E-state index in [-0.39, 0.29) is 25.0 Å². The third kappa shape index (κ3) is 3.12. The van der Waals surface area contributed by atoms with Crippen LogP contribution in [-0.4, -0.2) is 43.7 Å². The van der Waals surface area contributed by atoms with Crippen LogP contribution >= 0.6 is 7.60 Å². The van der Waals surface area contributed by atoms with Crippen molar-refractivity contribution in [3.8, 4) is 0 Å². The van der Waals surface area contributed by atoms with Crippen LogP contribution in [0.5, 0.6) is 0 Å². The lowest BCUT2D eigenvalue weighted by Crippen LogP contribution is -2.35. The van der Waals surface area contributed by atoms with Crippen LogP contribution < -0.4 is 0 Å². The topological polar surface area (TPSA) is 54.0 Å². The van der Waals surface area contributed by atoms with Crippen LogP contribution in [0.3, 0.4) is 0 Å². The smallest absolute Gasteiger partial charge is 0.331 e. The van der Waals surface area contributed by atoms with Gasteiger partial charge in [0, 0.05) is 21.0 Å². The number of hydrogen-bond acceptors (Lipinski definition) is 5. The highest BCUT2D eigenvalue weighted by molar-refractivity contribution is 7.53. The molecular formula is C14H25O5P. The molecule has 3 saturated heterocycles. The fraction of sp³-hybridized carbons (Fsp3) is 1.00. The van der Waals surface area contributed by atoms with Gasteiger partial charge in [0.25, 0.3) is 0 Å². The summed E-state index contributed by atoms with van der Waals surface area (Å²) < 4.78 is 58.3. The van der Waals surface area contributed by atoms with Crippen molar-refractivity contribution >= 4 is 7.60 Å². The predicted octanol–water partition coefficient (Wildman–Crippen LogP) is 2.98. The second-order valence-corrected chi connectivity index (χ2v) is 7.91. The highest BCUT2D eigenvalue weighted by Crippen LogP contribution is 2.56. The minimum Gasteiger partial charge on any atom is -0.376 e. The number of hydrogen-bond donors (Lipinski definition) is 0. The first-order chi connectivity index (χ1) is 10.9. The zero-order valence-corrected chi connectivity index (χ0v) is 12.7. The van der Waals surface area contributed by atoms with E-state index in [1.807, 2.05) is 6.92 Å². The van der Waals surface area contributed by atoms with E-state index in [1.165, 1.54) is 0 Å². The van der Waals surface area contributed by atoms with Crippen molar-refractivity contribution in [1.82, 2.24) is 0 Å². The normalized spacial score (nSPS) is 59.0. The van der Waals surface area contributed by atoms with Crippen LogP contribution in [0.4, 0.5) is 0 Å². The second kappa shape index (κ2) is 6.05. The SMILES string of the molecule is [2H]C[C@H]1O[C@H]([3H])C[C@@H]1O[P@]1(=O)CCC[C@H]([C@H]2O[C@H]([3H])C[C@@H]2C)O1. The van der Waals surface area contributed by atoms with Crippen LogP contribution in [-0.2, 0) is 23.1 Å². The Labute approximate surface area is 125 Å². The molecule has 0 spiro atoms. The van der Waals surface area contributed by atoms with Crippen molar-refractivity contribution in [2.45, 2.75) is 63.9 Å². The molecule has 0 unspecified atom stereocenters. The van der Waals surface area contributed by atoms with Gasteiger partial charge in [-0.05, 0) is 32.1 Å². The molecule has 0 aromatic carbocycles. The number of rotatable bonds is 3. The molecule has 0 aromatic heterocycles. The molecule has 3 rings (SSSR count). The summed E-state index contributed by atoms with van der Waals surface area (Å²) in [6.45, 7) is 0.729. The standard InChI is InChI=1S/C14H25O5P/c1-10-5-7-17-14(10)13-4-3-9-20(15,19-13)18-12-6-8-16-11(12)2/h10-14H,3-9H2,1-2H3/t10-,11+,12-,13+,14-,20+/m0/s1/i2D,7T,8T/t7-,8-,10+,11-,12+,13-,14+,20-/m1. The van der Waals surface area contributed by atoms with E-state index < -0.39 is 33.0 Å². The average Bonchev–Trinajstić information content (AvgIpc) is 3.00. The van der Waals surface area contributed by atoms with Gasteiger partial charge in [0.1, 0.15) is 0 Å². The molecule has 0 N–H and O–H groups in total. The molecule has 8 atom stereocenters. The van der Waals surface area contributed by atoms with Gasteiger partial charge in [-0.3, -0.25) is 4.57 Å². The van der Waals surface area contributed by atoms with Gasteiger partial charge in [-0.25, -0.2) is 0 Å². The van der Waals surface area contributed by atoms with E-state index in [4.69, 9.17) is 22.6 Å². The van der Waals surface area contributed by atoms with Crippen LogP contribution in [0.15, 0.2) is 0 Å². The van der Waals surface area contributed by atoms with Crippen molar-refractivity contribution in [2.24, 2.45) is 5.92 Å². The zero-order valence-electron chi connectivity index (χ0n) is 14.8. The van der Waals surface area contributed by atoms with Crippen LogP contribution in [0.25, 0.3) is 0 Å². The van der Waals surface area contributed by atoms with Crippen LogP contribution in [0.1, 0.15) is 43.6 Å². The third-order valence-corrected chi connectivity index (χ3v) is 6.22. The minimum atomic E-state index is -3.28. The molecule has 20 heavy (non-hydrogen) atoms. The van der Waals surface area contributed by atoms with E-state index >= 15 is 0 Å². The Kier molecular flexibility index (Phi) is 3.52. The van der Waals surface area contributed by atoms with E-state index in [0.29, 0.717) is 19.0 Å². The average molecular weight is 309 g/mol. The van der Waals surface area contributed by atoms with Crippen molar-refractivity contribution in [1.29, 1.82) is 0 Å². The quantitative estimate of drug-likeness (QED) is 0.750. The van der Waals surface area contributed by atoms with Gasteiger partial charge in [0.15, 0.2) is 0 Å². The first kappa shape index (κ1) is 11.6. The van der Waals surface area contributed by atoms with Crippen molar-refractivity contribution in [3.63, 3.8) is 0 Å². The molecule has 116 valence electrons. The lowest BCUT2D eigenvalue weighted by atomic mass is 9.97. The van der Waals surface area contributed by atoms with Gasteiger partial charge in [0.2, 0.25) is 0 Å². The number of ether oxygens (including phenoxy) is 2. The highest BCUT2D eigenvalue weighted by atomic mass is 31.2. The van der Waals surface area contributed by atoms with E-state index in [2.05, 4.69) is 0 Å². The first-order valence-electron chi connectivity index (χ1n) is 9.17. The van der Waals surface area contributed by atoms with Gasteiger partial charge in [-0.1, -0.05) is 6.92 Å². The summed E-state index contributed by atoms with van der Waals surface area (Å²) in [5.74, 6) is 0.197. The summed E-state index contributed by atoms with van der Waals surface area (Å²) in [5.41, 5.74) is 0. The van der Waals surface area contributed by atoms with E-state index in [1.54, 1.807) is 0 Å². The Morgan fingerprint density at radius 1 is 1.35 bits per heavy atom. The van der Waals surface area contributed by atoms with Crippen LogP contribution in [0.2, 0.25) is 0 Å². The summed E-state index contributed by atoms with van der Waals surface area (Å²) in [6, 6.07) is 0. The molecule has 0 bridgehead atoms. The minimum absolute atomic E-state index is 0.0211. The third-order valence-electron chi connectivity index (χ3n) is 4.18. The Morgan fingerprint density at radius 2 is 2.20 bits per heavy atom. The summed E-state index contributed by atoms with van der Waals surface area (Å²) in [4.78, 5) is 0. The molecule has 0 radical (unpaired) electrons. The summed E-state index contributed by atoms with van der Waals surface area (Å²) in [6.07, 6.45) is 1.21. The maximum atomic E-state index is 13.0. The molecule has 5 nitrogen and oxygen atoms in total. The molecule has 3 aliphatic rings. The Hall–Kier alpha value is 0.0700. The molecule has 0 amide bonds. The van der Waals surface area contributed by atoms with Gasteiger partial charge in [-0.15, -0.1) is 0 Å². The first-order valence-corrected chi connectivity index (χ1v) is 9.03. The summed E-state index contributed by atoms with van der Waals surface area (Å²) >= 11 is 0. The predicted molar refractivity (Wildman–Crippen MR) is 75.0 cm³/mol. The summed E-state index contributed by atoms with van der Waals surface area (Å²) in [5, 5.41) is 0. The van der Waals surface area contributed by atoms with Crippen molar-refractivity contribution in [2.75, 3.05) is 19.3 Å². The van der Waals surface area contributed by atoms with E-state index in [0.717, 1.165) is 12.8 Å². The Morgan fingerprint density at radius 3 is 2.95 bits per heavy atom. The summed E-state index contributed by atoms with van der Waals surface area (Å²) in [7, 11) is -3.28. The molecule has 6 heteroatoms. The lowest BCUT2D eigenvalue weighted by Gasteiger charge is -2.35. The van der Waals surface area contributed by atoms with Crippen molar-refractivity contribution in [3.05, 3.63) is 0 Å². The van der Waals surface area contributed by atoms with Gasteiger partial charge in [0.05, 0.1) is 33.3 Å². The van der Waals surface area contributed by atoms with Gasteiger partial charge < -0.3 is 18.5 Å². The maximum absolute atomic E-state index is 13.0. The van der Waals surface area contributed by atoms with E-state index in [9.17, 15) is 4.57 Å².